The maximum absolute atomic E-state index is 11.0. The molecule has 3 unspecified atom stereocenters. The van der Waals surface area contributed by atoms with Crippen LogP contribution in [0.3, 0.4) is 0 Å². The zero-order chi connectivity index (χ0) is 25.3. The van der Waals surface area contributed by atoms with E-state index in [2.05, 4.69) is 19.2 Å². The lowest BCUT2D eigenvalue weighted by molar-refractivity contribution is -0.344. The fraction of sp³-hybridized carbons (Fsp3) is 1.00. The average molecular weight is 504 g/mol. The van der Waals surface area contributed by atoms with Crippen LogP contribution in [0.5, 0.6) is 0 Å². The van der Waals surface area contributed by atoms with Gasteiger partial charge in [0.05, 0.1) is 13.2 Å². The van der Waals surface area contributed by atoms with Crippen molar-refractivity contribution in [3.63, 3.8) is 0 Å². The second-order valence-corrected chi connectivity index (χ2v) is 12.6. The molecule has 0 amide bonds. The van der Waals surface area contributed by atoms with Gasteiger partial charge in [0.15, 0.2) is 6.29 Å². The van der Waals surface area contributed by atoms with Crippen LogP contribution in [-0.2, 0) is 14.2 Å². The van der Waals surface area contributed by atoms with Gasteiger partial charge in [0.2, 0.25) is 0 Å². The summed E-state index contributed by atoms with van der Waals surface area (Å²) in [6, 6.07) is 0. The number of hydrogen-bond donors (Lipinski definition) is 8. The summed E-state index contributed by atoms with van der Waals surface area (Å²) in [5.74, 6) is 0.607. The van der Waals surface area contributed by atoms with E-state index in [1.165, 1.54) is 19.3 Å². The van der Waals surface area contributed by atoms with Crippen LogP contribution in [0.15, 0.2) is 0 Å². The summed E-state index contributed by atoms with van der Waals surface area (Å²) < 4.78 is 17.1. The SMILES string of the molecule is CC12CC3CC(C)(C1)CC(NC1O[C@H](CO)[C@@H](O[C@@H]4O[C@H](CO)[C@@H](O)[C@H](O)[C@H]4O)[C@H](O)[C@H]1O)(C3)C2. The Balaban J connectivity index is 1.30. The highest BCUT2D eigenvalue weighted by molar-refractivity contribution is 5.15. The first kappa shape index (κ1) is 26.2. The van der Waals surface area contributed by atoms with Gasteiger partial charge in [-0.25, -0.2) is 0 Å². The molecule has 0 aromatic carbocycles. The first-order chi connectivity index (χ1) is 16.4. The fourth-order valence-corrected chi connectivity index (χ4v) is 8.62. The van der Waals surface area contributed by atoms with Crippen LogP contribution in [0.2, 0.25) is 0 Å². The molecule has 6 fully saturated rings. The van der Waals surface area contributed by atoms with E-state index in [0.717, 1.165) is 19.3 Å². The highest BCUT2D eigenvalue weighted by Gasteiger charge is 2.61. The third-order valence-corrected chi connectivity index (χ3v) is 9.08. The van der Waals surface area contributed by atoms with Gasteiger partial charge in [0.1, 0.15) is 55.1 Å². The molecule has 6 aliphatic rings. The summed E-state index contributed by atoms with van der Waals surface area (Å²) in [6.07, 6.45) is -7.26. The van der Waals surface area contributed by atoms with Crippen LogP contribution in [0.4, 0.5) is 0 Å². The van der Waals surface area contributed by atoms with E-state index in [-0.39, 0.29) is 16.4 Å². The van der Waals surface area contributed by atoms with Crippen LogP contribution < -0.4 is 5.32 Å². The molecule has 202 valence electrons. The van der Waals surface area contributed by atoms with E-state index in [9.17, 15) is 35.7 Å². The van der Waals surface area contributed by atoms with Gasteiger partial charge in [-0.2, -0.15) is 0 Å². The van der Waals surface area contributed by atoms with Crippen molar-refractivity contribution in [3.05, 3.63) is 0 Å². The fourth-order valence-electron chi connectivity index (χ4n) is 8.62. The maximum Gasteiger partial charge on any atom is 0.187 e. The van der Waals surface area contributed by atoms with Crippen LogP contribution in [0, 0.1) is 16.7 Å². The van der Waals surface area contributed by atoms with Crippen molar-refractivity contribution in [2.45, 2.75) is 119 Å². The number of ether oxygens (including phenoxy) is 3. The van der Waals surface area contributed by atoms with Crippen molar-refractivity contribution >= 4 is 0 Å². The molecule has 35 heavy (non-hydrogen) atoms. The summed E-state index contributed by atoms with van der Waals surface area (Å²) >= 11 is 0. The largest absolute Gasteiger partial charge is 0.394 e. The molecule has 4 saturated carbocycles. The summed E-state index contributed by atoms with van der Waals surface area (Å²) in [6.45, 7) is 3.50. The predicted octanol–water partition coefficient (Wildman–Crippen LogP) is -2.05. The Hall–Kier alpha value is -0.440. The second-order valence-electron chi connectivity index (χ2n) is 12.6. The third-order valence-electron chi connectivity index (χ3n) is 9.08. The minimum absolute atomic E-state index is 0.223. The molecule has 8 N–H and O–H groups in total. The van der Waals surface area contributed by atoms with Crippen molar-refractivity contribution in [2.75, 3.05) is 13.2 Å². The van der Waals surface area contributed by atoms with Gasteiger partial charge in [-0.15, -0.1) is 0 Å². The lowest BCUT2D eigenvalue weighted by Gasteiger charge is -2.66. The van der Waals surface area contributed by atoms with E-state index >= 15 is 0 Å². The van der Waals surface area contributed by atoms with Gasteiger partial charge < -0.3 is 50.0 Å². The van der Waals surface area contributed by atoms with E-state index in [4.69, 9.17) is 14.2 Å². The van der Waals surface area contributed by atoms with Crippen molar-refractivity contribution in [1.82, 2.24) is 5.32 Å². The molecule has 12 atom stereocenters. The standard InChI is InChI=1S/C24H41NO10/c1-22-3-11-4-23(2,8-22)10-24(5-11,9-22)25-20-17(31)16(30)19(13(7-27)33-20)35-21-18(32)15(29)14(28)12(6-26)34-21/h11-21,25-32H,3-10H2,1-2H3/t11?,12-,13-,14-,15+,16-,17-,18-,19-,20?,21+,22?,23?,24?/m1/s1. The van der Waals surface area contributed by atoms with E-state index < -0.39 is 74.6 Å². The summed E-state index contributed by atoms with van der Waals surface area (Å²) in [4.78, 5) is 0. The molecule has 0 spiro atoms. The molecular weight excluding hydrogens is 462 g/mol. The topological polar surface area (TPSA) is 181 Å². The number of rotatable bonds is 6. The number of aliphatic hydroxyl groups is 7. The molecule has 6 rings (SSSR count). The molecule has 11 nitrogen and oxygen atoms in total. The Morgan fingerprint density at radius 3 is 1.94 bits per heavy atom. The van der Waals surface area contributed by atoms with Gasteiger partial charge in [-0.1, -0.05) is 13.8 Å². The molecule has 4 bridgehead atoms. The zero-order valence-electron chi connectivity index (χ0n) is 20.4. The quantitative estimate of drug-likeness (QED) is 0.200. The van der Waals surface area contributed by atoms with E-state index in [1.807, 2.05) is 0 Å². The minimum atomic E-state index is -1.68. The molecule has 4 aliphatic carbocycles. The van der Waals surface area contributed by atoms with E-state index in [0.29, 0.717) is 5.92 Å². The number of aliphatic hydroxyl groups excluding tert-OH is 7. The van der Waals surface area contributed by atoms with Crippen molar-refractivity contribution in [2.24, 2.45) is 16.7 Å². The zero-order valence-corrected chi connectivity index (χ0v) is 20.4. The lowest BCUT2D eigenvalue weighted by Crippen LogP contribution is -2.71. The van der Waals surface area contributed by atoms with Crippen molar-refractivity contribution in [3.8, 4) is 0 Å². The number of hydrogen-bond acceptors (Lipinski definition) is 11. The first-order valence-corrected chi connectivity index (χ1v) is 12.8. The first-order valence-electron chi connectivity index (χ1n) is 12.8. The van der Waals surface area contributed by atoms with Gasteiger partial charge in [0, 0.05) is 5.54 Å². The molecule has 0 radical (unpaired) electrons. The highest BCUT2D eigenvalue weighted by Crippen LogP contribution is 2.66. The van der Waals surface area contributed by atoms with Crippen LogP contribution in [0.25, 0.3) is 0 Å². The Bertz CT molecular complexity index is 763. The average Bonchev–Trinajstić information content (AvgIpc) is 2.76. The lowest BCUT2D eigenvalue weighted by atomic mass is 9.42. The maximum atomic E-state index is 11.0. The van der Waals surface area contributed by atoms with Crippen LogP contribution >= 0.6 is 0 Å². The Kier molecular flexibility index (Phi) is 6.80. The molecular formula is C24H41NO10. The molecule has 11 heteroatoms. The summed E-state index contributed by atoms with van der Waals surface area (Å²) in [7, 11) is 0. The molecule has 2 heterocycles. The Morgan fingerprint density at radius 2 is 1.37 bits per heavy atom. The Morgan fingerprint density at radius 1 is 0.743 bits per heavy atom. The molecule has 0 aromatic rings. The van der Waals surface area contributed by atoms with Gasteiger partial charge >= 0.3 is 0 Å². The highest BCUT2D eigenvalue weighted by atomic mass is 16.7. The summed E-state index contributed by atoms with van der Waals surface area (Å²) in [5, 5.41) is 75.3. The Labute approximate surface area is 205 Å². The third kappa shape index (κ3) is 4.57. The second kappa shape index (κ2) is 9.09. The van der Waals surface area contributed by atoms with Gasteiger partial charge in [0.25, 0.3) is 0 Å². The minimum Gasteiger partial charge on any atom is -0.394 e. The number of nitrogens with one attached hydrogen (secondary N) is 1. The molecule has 2 aliphatic heterocycles. The monoisotopic (exact) mass is 503 g/mol. The van der Waals surface area contributed by atoms with Crippen molar-refractivity contribution in [1.29, 1.82) is 0 Å². The molecule has 2 saturated heterocycles. The smallest absolute Gasteiger partial charge is 0.187 e. The van der Waals surface area contributed by atoms with E-state index in [1.54, 1.807) is 0 Å². The molecule has 0 aromatic heterocycles. The van der Waals surface area contributed by atoms with Crippen LogP contribution in [0.1, 0.15) is 52.4 Å². The predicted molar refractivity (Wildman–Crippen MR) is 120 cm³/mol. The summed E-state index contributed by atoms with van der Waals surface area (Å²) in [5.41, 5.74) is 0.230. The van der Waals surface area contributed by atoms with Gasteiger partial charge in [-0.3, -0.25) is 5.32 Å². The van der Waals surface area contributed by atoms with Crippen LogP contribution in [-0.4, -0.2) is 116 Å². The normalized spacial score (nSPS) is 58.0. The van der Waals surface area contributed by atoms with Gasteiger partial charge in [-0.05, 0) is 55.3 Å². The van der Waals surface area contributed by atoms with Crippen molar-refractivity contribution < 1.29 is 50.0 Å².